The van der Waals surface area contributed by atoms with Crippen LogP contribution in [0.3, 0.4) is 0 Å². The second-order valence-corrected chi connectivity index (χ2v) is 7.73. The molecular formula is C22H19F3N6O. The van der Waals surface area contributed by atoms with Crippen LogP contribution in [0.5, 0.6) is 0 Å². The topological polar surface area (TPSA) is 72.9 Å². The van der Waals surface area contributed by atoms with Gasteiger partial charge < -0.3 is 4.42 Å². The Morgan fingerprint density at radius 3 is 2.16 bits per heavy atom. The Morgan fingerprint density at radius 2 is 1.53 bits per heavy atom. The number of likely N-dealkylation sites (tertiary alicyclic amines) is 1. The SMILES string of the molecule is FC1CN(Cc2ccc(-c3cn(Cc4ccc(-c5nnc(C(F)F)o5)cc4)nn3)cc2)C1. The maximum atomic E-state index is 12.9. The summed E-state index contributed by atoms with van der Waals surface area (Å²) in [5.74, 6) is -0.641. The molecule has 0 radical (unpaired) electrons. The van der Waals surface area contributed by atoms with Crippen molar-refractivity contribution in [2.75, 3.05) is 13.1 Å². The normalized spacial score (nSPS) is 14.8. The molecule has 2 aromatic heterocycles. The third-order valence-electron chi connectivity index (χ3n) is 5.28. The minimum Gasteiger partial charge on any atom is -0.415 e. The lowest BCUT2D eigenvalue weighted by Crippen LogP contribution is -2.47. The van der Waals surface area contributed by atoms with Crippen LogP contribution in [0.4, 0.5) is 13.2 Å². The molecule has 0 unspecified atom stereocenters. The first-order valence-electron chi connectivity index (χ1n) is 10.1. The number of alkyl halides is 3. The summed E-state index contributed by atoms with van der Waals surface area (Å²) in [6.07, 6.45) is -1.63. The van der Waals surface area contributed by atoms with E-state index in [2.05, 4.69) is 25.4 Å². The molecule has 2 aromatic carbocycles. The van der Waals surface area contributed by atoms with Crippen LogP contribution >= 0.6 is 0 Å². The van der Waals surface area contributed by atoms with Crippen molar-refractivity contribution in [2.45, 2.75) is 25.7 Å². The molecular weight excluding hydrogens is 421 g/mol. The lowest BCUT2D eigenvalue weighted by molar-refractivity contribution is 0.0591. The third-order valence-corrected chi connectivity index (χ3v) is 5.28. The van der Waals surface area contributed by atoms with Crippen LogP contribution in [0, 0.1) is 0 Å². The molecule has 1 aliphatic rings. The number of halogens is 3. The zero-order chi connectivity index (χ0) is 22.1. The summed E-state index contributed by atoms with van der Waals surface area (Å²) < 4.78 is 44.8. The molecule has 0 saturated carbocycles. The predicted octanol–water partition coefficient (Wildman–Crippen LogP) is 4.13. The highest BCUT2D eigenvalue weighted by Gasteiger charge is 2.25. The first kappa shape index (κ1) is 20.4. The highest BCUT2D eigenvalue weighted by atomic mass is 19.3. The molecule has 0 aliphatic carbocycles. The van der Waals surface area contributed by atoms with Crippen molar-refractivity contribution in [3.05, 3.63) is 71.7 Å². The van der Waals surface area contributed by atoms with Gasteiger partial charge in [0, 0.05) is 30.8 Å². The lowest BCUT2D eigenvalue weighted by atomic mass is 10.1. The maximum absolute atomic E-state index is 12.9. The fourth-order valence-electron chi connectivity index (χ4n) is 3.56. The number of aromatic nitrogens is 5. The number of rotatable bonds is 7. The number of hydrogen-bond donors (Lipinski definition) is 0. The zero-order valence-electron chi connectivity index (χ0n) is 16.9. The van der Waals surface area contributed by atoms with Gasteiger partial charge in [0.15, 0.2) is 0 Å². The van der Waals surface area contributed by atoms with E-state index in [1.54, 1.807) is 16.8 Å². The van der Waals surface area contributed by atoms with E-state index in [-0.39, 0.29) is 5.89 Å². The minimum absolute atomic E-state index is 0.0527. The fourth-order valence-corrected chi connectivity index (χ4v) is 3.56. The second-order valence-electron chi connectivity index (χ2n) is 7.73. The number of hydrogen-bond acceptors (Lipinski definition) is 6. The van der Waals surface area contributed by atoms with Crippen molar-refractivity contribution in [1.82, 2.24) is 30.1 Å². The lowest BCUT2D eigenvalue weighted by Gasteiger charge is -2.34. The molecule has 0 spiro atoms. The maximum Gasteiger partial charge on any atom is 0.314 e. The van der Waals surface area contributed by atoms with E-state index in [9.17, 15) is 13.2 Å². The van der Waals surface area contributed by atoms with E-state index in [1.807, 2.05) is 42.6 Å². The molecule has 32 heavy (non-hydrogen) atoms. The summed E-state index contributed by atoms with van der Waals surface area (Å²) in [5.41, 5.74) is 4.36. The second kappa shape index (κ2) is 8.54. The van der Waals surface area contributed by atoms with Gasteiger partial charge in [-0.15, -0.1) is 15.3 Å². The molecule has 0 atom stereocenters. The van der Waals surface area contributed by atoms with Gasteiger partial charge in [0.25, 0.3) is 5.89 Å². The van der Waals surface area contributed by atoms with Gasteiger partial charge in [-0.25, -0.2) is 9.07 Å². The summed E-state index contributed by atoms with van der Waals surface area (Å²) in [5, 5.41) is 15.4. The largest absolute Gasteiger partial charge is 0.415 e. The highest BCUT2D eigenvalue weighted by molar-refractivity contribution is 5.58. The summed E-state index contributed by atoms with van der Waals surface area (Å²) in [6.45, 7) is 2.25. The van der Waals surface area contributed by atoms with Crippen LogP contribution in [0.15, 0.2) is 59.1 Å². The fraction of sp³-hybridized carbons (Fsp3) is 0.273. The molecule has 1 fully saturated rings. The molecule has 1 aliphatic heterocycles. The summed E-state index contributed by atoms with van der Waals surface area (Å²) in [7, 11) is 0. The monoisotopic (exact) mass is 440 g/mol. The molecule has 5 rings (SSSR count). The Bertz CT molecular complexity index is 1180. The Balaban J connectivity index is 1.22. The molecule has 0 amide bonds. The quantitative estimate of drug-likeness (QED) is 0.430. The van der Waals surface area contributed by atoms with Crippen molar-refractivity contribution in [2.24, 2.45) is 0 Å². The molecule has 3 heterocycles. The molecule has 0 bridgehead atoms. The van der Waals surface area contributed by atoms with Gasteiger partial charge in [-0.2, -0.15) is 8.78 Å². The van der Waals surface area contributed by atoms with Crippen LogP contribution in [0.25, 0.3) is 22.7 Å². The zero-order valence-corrected chi connectivity index (χ0v) is 16.9. The van der Waals surface area contributed by atoms with E-state index in [1.165, 1.54) is 0 Å². The Morgan fingerprint density at radius 1 is 0.875 bits per heavy atom. The average Bonchev–Trinajstić information content (AvgIpc) is 3.44. The molecule has 10 heteroatoms. The first-order chi connectivity index (χ1) is 15.5. The van der Waals surface area contributed by atoms with Gasteiger partial charge in [0.1, 0.15) is 11.9 Å². The van der Waals surface area contributed by atoms with E-state index in [0.717, 1.165) is 28.9 Å². The highest BCUT2D eigenvalue weighted by Crippen LogP contribution is 2.24. The third kappa shape index (κ3) is 4.40. The number of benzene rings is 2. The van der Waals surface area contributed by atoms with Crippen LogP contribution in [-0.2, 0) is 13.1 Å². The standard InChI is InChI=1S/C22H19F3N6O/c23-18-11-30(12-18)9-14-1-5-16(6-2-14)19-13-31(29-26-19)10-15-3-7-17(8-4-15)21-27-28-22(32-21)20(24)25/h1-8,13,18,20H,9-12H2. The molecule has 164 valence electrons. The van der Waals surface area contributed by atoms with Crippen LogP contribution in [-0.4, -0.2) is 49.4 Å². The van der Waals surface area contributed by atoms with Crippen molar-refractivity contribution in [1.29, 1.82) is 0 Å². The Labute approximate surface area is 181 Å². The molecule has 7 nitrogen and oxygen atoms in total. The van der Waals surface area contributed by atoms with Crippen molar-refractivity contribution in [3.8, 4) is 22.7 Å². The van der Waals surface area contributed by atoms with E-state index in [0.29, 0.717) is 25.2 Å². The van der Waals surface area contributed by atoms with E-state index in [4.69, 9.17) is 4.42 Å². The predicted molar refractivity (Wildman–Crippen MR) is 109 cm³/mol. The van der Waals surface area contributed by atoms with E-state index >= 15 is 0 Å². The average molecular weight is 440 g/mol. The first-order valence-corrected chi connectivity index (χ1v) is 10.1. The van der Waals surface area contributed by atoms with Gasteiger partial charge in [-0.05, 0) is 23.3 Å². The van der Waals surface area contributed by atoms with Gasteiger partial charge in [-0.1, -0.05) is 41.6 Å². The molecule has 4 aromatic rings. The minimum atomic E-state index is -2.79. The van der Waals surface area contributed by atoms with Crippen molar-refractivity contribution in [3.63, 3.8) is 0 Å². The summed E-state index contributed by atoms with van der Waals surface area (Å²) in [6, 6.07) is 15.2. The van der Waals surface area contributed by atoms with Gasteiger partial charge in [-0.3, -0.25) is 4.90 Å². The summed E-state index contributed by atoms with van der Waals surface area (Å²) >= 11 is 0. The van der Waals surface area contributed by atoms with Crippen LogP contribution < -0.4 is 0 Å². The van der Waals surface area contributed by atoms with Crippen molar-refractivity contribution < 1.29 is 17.6 Å². The molecule has 0 N–H and O–H groups in total. The van der Waals surface area contributed by atoms with Gasteiger partial charge in [0.05, 0.1) is 12.7 Å². The van der Waals surface area contributed by atoms with E-state index < -0.39 is 18.5 Å². The van der Waals surface area contributed by atoms with Gasteiger partial charge >= 0.3 is 6.43 Å². The van der Waals surface area contributed by atoms with Gasteiger partial charge in [0.2, 0.25) is 5.89 Å². The number of nitrogens with zero attached hydrogens (tertiary/aromatic N) is 6. The van der Waals surface area contributed by atoms with Crippen LogP contribution in [0.1, 0.15) is 23.4 Å². The Hall–Kier alpha value is -3.53. The summed E-state index contributed by atoms with van der Waals surface area (Å²) in [4.78, 5) is 2.07. The smallest absolute Gasteiger partial charge is 0.314 e. The van der Waals surface area contributed by atoms with Crippen molar-refractivity contribution >= 4 is 0 Å². The molecule has 1 saturated heterocycles. The Kier molecular flexibility index (Phi) is 5.44. The van der Waals surface area contributed by atoms with Crippen LogP contribution in [0.2, 0.25) is 0 Å².